The van der Waals surface area contributed by atoms with Gasteiger partial charge in [-0.1, -0.05) is 85.5 Å². The third-order valence-corrected chi connectivity index (χ3v) is 6.10. The highest BCUT2D eigenvalue weighted by atomic mass is 32.2. The maximum Gasteiger partial charge on any atom is 0.266 e. The van der Waals surface area contributed by atoms with Gasteiger partial charge in [0.2, 0.25) is 5.13 Å². The molecule has 2 aromatic carbocycles. The summed E-state index contributed by atoms with van der Waals surface area (Å²) in [6, 6.07) is 18.0. The highest BCUT2D eigenvalue weighted by Crippen LogP contribution is 2.29. The molecule has 1 amide bonds. The summed E-state index contributed by atoms with van der Waals surface area (Å²) < 4.78 is 6.71. The van der Waals surface area contributed by atoms with Gasteiger partial charge in [-0.05, 0) is 30.0 Å². The van der Waals surface area contributed by atoms with E-state index in [1.807, 2.05) is 42.5 Å². The van der Waals surface area contributed by atoms with Crippen LogP contribution in [0.4, 0.5) is 5.13 Å². The van der Waals surface area contributed by atoms with Gasteiger partial charge in [0.05, 0.1) is 0 Å². The Bertz CT molecular complexity index is 913. The van der Waals surface area contributed by atoms with Crippen molar-refractivity contribution in [3.63, 3.8) is 0 Å². The number of aromatic nitrogens is 2. The lowest BCUT2D eigenvalue weighted by Crippen LogP contribution is -2.30. The first-order chi connectivity index (χ1) is 13.5. The minimum atomic E-state index is -0.635. The molecule has 146 valence electrons. The van der Waals surface area contributed by atoms with Gasteiger partial charge in [0.25, 0.3) is 5.91 Å². The van der Waals surface area contributed by atoms with Crippen LogP contribution in [0.1, 0.15) is 37.8 Å². The second-order valence-electron chi connectivity index (χ2n) is 6.59. The molecule has 1 aromatic heterocycles. The molecule has 0 fully saturated rings. The van der Waals surface area contributed by atoms with Crippen molar-refractivity contribution >= 4 is 34.1 Å². The first-order valence-electron chi connectivity index (χ1n) is 9.09. The minimum Gasteiger partial charge on any atom is -0.481 e. The predicted molar refractivity (Wildman–Crippen MR) is 115 cm³/mol. The number of thioether (sulfide) groups is 1. The fourth-order valence-electron chi connectivity index (χ4n) is 2.55. The quantitative estimate of drug-likeness (QED) is 0.398. The summed E-state index contributed by atoms with van der Waals surface area (Å²) in [5.41, 5.74) is 2.30. The number of carbonyl (C=O) groups excluding carboxylic acids is 1. The van der Waals surface area contributed by atoms with Gasteiger partial charge in [-0.3, -0.25) is 10.1 Å². The molecule has 0 saturated heterocycles. The van der Waals surface area contributed by atoms with Gasteiger partial charge < -0.3 is 4.74 Å². The lowest BCUT2D eigenvalue weighted by atomic mass is 10.0. The number of hydrogen-bond acceptors (Lipinski definition) is 6. The summed E-state index contributed by atoms with van der Waals surface area (Å²) in [7, 11) is 0. The third-order valence-electron chi connectivity index (χ3n) is 4.06. The highest BCUT2D eigenvalue weighted by molar-refractivity contribution is 8.00. The zero-order valence-electron chi connectivity index (χ0n) is 16.1. The van der Waals surface area contributed by atoms with Crippen LogP contribution < -0.4 is 10.1 Å². The van der Waals surface area contributed by atoms with Crippen LogP contribution in [-0.4, -0.2) is 22.2 Å². The fourth-order valence-corrected chi connectivity index (χ4v) is 4.26. The van der Waals surface area contributed by atoms with Crippen LogP contribution in [0.3, 0.4) is 0 Å². The van der Waals surface area contributed by atoms with E-state index < -0.39 is 6.10 Å². The Morgan fingerprint density at radius 2 is 1.79 bits per heavy atom. The molecule has 1 atom stereocenters. The molecule has 5 nitrogen and oxygen atoms in total. The molecule has 1 unspecified atom stereocenters. The number of hydrogen-bond donors (Lipinski definition) is 1. The number of carbonyl (C=O) groups is 1. The maximum absolute atomic E-state index is 12.5. The van der Waals surface area contributed by atoms with Crippen molar-refractivity contribution in [2.24, 2.45) is 0 Å². The topological polar surface area (TPSA) is 64.1 Å². The van der Waals surface area contributed by atoms with Gasteiger partial charge in [-0.15, -0.1) is 10.2 Å². The van der Waals surface area contributed by atoms with Gasteiger partial charge >= 0.3 is 0 Å². The Labute approximate surface area is 173 Å². The lowest BCUT2D eigenvalue weighted by Gasteiger charge is -2.18. The van der Waals surface area contributed by atoms with Crippen molar-refractivity contribution in [2.45, 2.75) is 42.9 Å². The molecule has 0 aliphatic heterocycles. The summed E-state index contributed by atoms with van der Waals surface area (Å²) in [6.45, 7) is 5.93. The van der Waals surface area contributed by atoms with E-state index in [1.165, 1.54) is 16.9 Å². The standard InChI is InChI=1S/C21H23N3O2S2/c1-14(2)17-11-7-8-12-18(17)26-15(3)19(25)22-20-23-24-21(28-20)27-13-16-9-5-4-6-10-16/h4-12,14-15H,13H2,1-3H3,(H,22,23,25). The average Bonchev–Trinajstić information content (AvgIpc) is 3.14. The van der Waals surface area contributed by atoms with Crippen molar-refractivity contribution in [3.8, 4) is 5.75 Å². The average molecular weight is 414 g/mol. The molecular formula is C21H23N3O2S2. The molecule has 1 heterocycles. The van der Waals surface area contributed by atoms with Crippen molar-refractivity contribution in [1.29, 1.82) is 0 Å². The third kappa shape index (κ3) is 5.56. The van der Waals surface area contributed by atoms with Crippen LogP contribution >= 0.6 is 23.1 Å². The van der Waals surface area contributed by atoms with Gasteiger partial charge in [-0.25, -0.2) is 0 Å². The first-order valence-corrected chi connectivity index (χ1v) is 10.9. The Morgan fingerprint density at radius 1 is 1.07 bits per heavy atom. The molecule has 0 spiro atoms. The van der Waals surface area contributed by atoms with Crippen molar-refractivity contribution in [1.82, 2.24) is 10.2 Å². The normalized spacial score (nSPS) is 12.0. The smallest absolute Gasteiger partial charge is 0.266 e. The molecule has 0 aliphatic carbocycles. The summed E-state index contributed by atoms with van der Waals surface area (Å²) in [4.78, 5) is 12.5. The maximum atomic E-state index is 12.5. The fraction of sp³-hybridized carbons (Fsp3) is 0.286. The minimum absolute atomic E-state index is 0.241. The van der Waals surface area contributed by atoms with Gasteiger partial charge in [0.1, 0.15) is 5.75 Å². The number of nitrogens with one attached hydrogen (secondary N) is 1. The highest BCUT2D eigenvalue weighted by Gasteiger charge is 2.19. The second kappa shape index (κ2) is 9.71. The van der Waals surface area contributed by atoms with E-state index in [-0.39, 0.29) is 5.91 Å². The van der Waals surface area contributed by atoms with Gasteiger partial charge in [0.15, 0.2) is 10.4 Å². The molecule has 0 bridgehead atoms. The molecule has 28 heavy (non-hydrogen) atoms. The Hall–Kier alpha value is -2.38. The Balaban J connectivity index is 1.55. The molecule has 3 aromatic rings. The summed E-state index contributed by atoms with van der Waals surface area (Å²) in [5.74, 6) is 1.62. The van der Waals surface area contributed by atoms with E-state index in [1.54, 1.807) is 18.7 Å². The second-order valence-corrected chi connectivity index (χ2v) is 8.79. The van der Waals surface area contributed by atoms with Crippen LogP contribution in [-0.2, 0) is 10.5 Å². The molecule has 0 radical (unpaired) electrons. The number of rotatable bonds is 8. The van der Waals surface area contributed by atoms with E-state index in [0.29, 0.717) is 11.0 Å². The first kappa shape index (κ1) is 20.4. The lowest BCUT2D eigenvalue weighted by molar-refractivity contribution is -0.122. The van der Waals surface area contributed by atoms with Crippen LogP contribution in [0, 0.1) is 0 Å². The van der Waals surface area contributed by atoms with Crippen LogP contribution in [0.15, 0.2) is 58.9 Å². The molecule has 7 heteroatoms. The number of anilines is 1. The number of benzene rings is 2. The van der Waals surface area contributed by atoms with Gasteiger partial charge in [-0.2, -0.15) is 0 Å². The van der Waals surface area contributed by atoms with Crippen LogP contribution in [0.5, 0.6) is 5.75 Å². The molecule has 0 saturated carbocycles. The number of para-hydroxylation sites is 1. The van der Waals surface area contributed by atoms with Crippen LogP contribution in [0.25, 0.3) is 0 Å². The van der Waals surface area contributed by atoms with Gasteiger partial charge in [0, 0.05) is 5.75 Å². The Kier molecular flexibility index (Phi) is 7.06. The molecular weight excluding hydrogens is 390 g/mol. The van der Waals surface area contributed by atoms with E-state index in [9.17, 15) is 4.79 Å². The molecule has 1 N–H and O–H groups in total. The number of amides is 1. The summed E-state index contributed by atoms with van der Waals surface area (Å²) in [6.07, 6.45) is -0.635. The Morgan fingerprint density at radius 3 is 2.54 bits per heavy atom. The zero-order valence-corrected chi connectivity index (χ0v) is 17.7. The molecule has 0 aliphatic rings. The van der Waals surface area contributed by atoms with Crippen LogP contribution in [0.2, 0.25) is 0 Å². The van der Waals surface area contributed by atoms with E-state index in [4.69, 9.17) is 4.74 Å². The van der Waals surface area contributed by atoms with Crippen molar-refractivity contribution in [2.75, 3.05) is 5.32 Å². The van der Waals surface area contributed by atoms with E-state index in [0.717, 1.165) is 21.4 Å². The van der Waals surface area contributed by atoms with Crippen molar-refractivity contribution in [3.05, 3.63) is 65.7 Å². The predicted octanol–water partition coefficient (Wildman–Crippen LogP) is 5.36. The SMILES string of the molecule is CC(Oc1ccccc1C(C)C)C(=O)Nc1nnc(SCc2ccccc2)s1. The summed E-state index contributed by atoms with van der Waals surface area (Å²) in [5, 5.41) is 11.5. The molecule has 3 rings (SSSR count). The summed E-state index contributed by atoms with van der Waals surface area (Å²) >= 11 is 2.97. The van der Waals surface area contributed by atoms with E-state index in [2.05, 4.69) is 41.5 Å². The largest absolute Gasteiger partial charge is 0.481 e. The monoisotopic (exact) mass is 413 g/mol. The van der Waals surface area contributed by atoms with E-state index >= 15 is 0 Å². The number of ether oxygens (including phenoxy) is 1. The zero-order chi connectivity index (χ0) is 19.9. The number of nitrogens with zero attached hydrogens (tertiary/aromatic N) is 2. The van der Waals surface area contributed by atoms with Crippen molar-refractivity contribution < 1.29 is 9.53 Å².